The first-order chi connectivity index (χ1) is 21.2. The Morgan fingerprint density at radius 1 is 0.465 bits per heavy atom. The van der Waals surface area contributed by atoms with E-state index >= 15 is 0 Å². The highest BCUT2D eigenvalue weighted by Gasteiger charge is 2.13. The van der Waals surface area contributed by atoms with Gasteiger partial charge in [-0.3, -0.25) is 4.79 Å². The van der Waals surface area contributed by atoms with Crippen LogP contribution in [-0.4, -0.2) is 37.0 Å². The van der Waals surface area contributed by atoms with Crippen molar-refractivity contribution >= 4 is 5.97 Å². The summed E-state index contributed by atoms with van der Waals surface area (Å²) in [5.74, 6) is -0.195. The van der Waals surface area contributed by atoms with E-state index < -0.39 is 6.10 Å². The summed E-state index contributed by atoms with van der Waals surface area (Å²) in [6.07, 6.45) is 41.5. The lowest BCUT2D eigenvalue weighted by Gasteiger charge is -2.16. The van der Waals surface area contributed by atoms with Crippen LogP contribution < -0.4 is 0 Å². The van der Waals surface area contributed by atoms with Crippen LogP contribution >= 0.6 is 0 Å². The number of rotatable bonds is 37. The van der Waals surface area contributed by atoms with E-state index in [0.717, 1.165) is 19.3 Å². The Kier molecular flexibility index (Phi) is 37.0. The average molecular weight is 611 g/mol. The van der Waals surface area contributed by atoms with Crippen LogP contribution in [0.4, 0.5) is 0 Å². The lowest BCUT2D eigenvalue weighted by atomic mass is 10.0. The van der Waals surface area contributed by atoms with Gasteiger partial charge in [0.25, 0.3) is 0 Å². The van der Waals surface area contributed by atoms with Crippen LogP contribution in [-0.2, 0) is 14.3 Å². The molecule has 4 nitrogen and oxygen atoms in total. The molecular weight excluding hydrogens is 532 g/mol. The zero-order valence-corrected chi connectivity index (χ0v) is 29.5. The van der Waals surface area contributed by atoms with Gasteiger partial charge in [-0.2, -0.15) is 0 Å². The van der Waals surface area contributed by atoms with Gasteiger partial charge < -0.3 is 14.6 Å². The fourth-order valence-electron chi connectivity index (χ4n) is 5.98. The molecule has 0 fully saturated rings. The van der Waals surface area contributed by atoms with Gasteiger partial charge in [0.1, 0.15) is 6.10 Å². The standard InChI is InChI=1S/C39H78O4/c1-3-5-7-9-11-13-15-17-19-20-21-23-25-27-29-31-33-35-42-37-38(36-40)43-39(41)34-32-30-28-26-24-22-18-16-14-12-10-8-6-4-2/h38,40H,3-37H2,1-2H3. The first-order valence-electron chi connectivity index (χ1n) is 19.6. The van der Waals surface area contributed by atoms with Crippen LogP contribution in [0, 0.1) is 0 Å². The zero-order chi connectivity index (χ0) is 31.3. The van der Waals surface area contributed by atoms with E-state index in [2.05, 4.69) is 13.8 Å². The van der Waals surface area contributed by atoms with Gasteiger partial charge >= 0.3 is 5.97 Å². The molecule has 0 aliphatic rings. The van der Waals surface area contributed by atoms with E-state index in [1.807, 2.05) is 0 Å². The molecule has 0 saturated heterocycles. The number of esters is 1. The highest BCUT2D eigenvalue weighted by molar-refractivity contribution is 5.69. The number of carbonyl (C=O) groups excluding carboxylic acids is 1. The molecule has 0 aromatic rings. The topological polar surface area (TPSA) is 55.8 Å². The Morgan fingerprint density at radius 3 is 1.09 bits per heavy atom. The normalized spacial score (nSPS) is 12.2. The Morgan fingerprint density at radius 2 is 0.767 bits per heavy atom. The van der Waals surface area contributed by atoms with Gasteiger partial charge in [0, 0.05) is 13.0 Å². The predicted octanol–water partition coefficient (Wildman–Crippen LogP) is 12.4. The minimum atomic E-state index is -0.523. The van der Waals surface area contributed by atoms with Gasteiger partial charge in [-0.15, -0.1) is 0 Å². The van der Waals surface area contributed by atoms with Crippen LogP contribution in [0.3, 0.4) is 0 Å². The number of aliphatic hydroxyl groups is 1. The molecule has 1 unspecified atom stereocenters. The van der Waals surface area contributed by atoms with Crippen LogP contribution in [0.25, 0.3) is 0 Å². The molecule has 0 heterocycles. The molecule has 0 amide bonds. The summed E-state index contributed by atoms with van der Waals surface area (Å²) in [6.45, 7) is 5.39. The SMILES string of the molecule is CCCCCCCCCCCCCCCCCCCOCC(CO)OC(=O)CCCCCCCCCCCCCCCC. The number of unbranched alkanes of at least 4 members (excludes halogenated alkanes) is 29. The minimum Gasteiger partial charge on any atom is -0.457 e. The van der Waals surface area contributed by atoms with E-state index in [9.17, 15) is 9.90 Å². The number of hydrogen-bond acceptors (Lipinski definition) is 4. The van der Waals surface area contributed by atoms with Crippen LogP contribution in [0.5, 0.6) is 0 Å². The second-order valence-corrected chi connectivity index (χ2v) is 13.4. The summed E-state index contributed by atoms with van der Waals surface area (Å²) in [4.78, 5) is 12.1. The van der Waals surface area contributed by atoms with Crippen molar-refractivity contribution in [1.82, 2.24) is 0 Å². The molecule has 0 bridgehead atoms. The molecule has 0 spiro atoms. The molecule has 0 aromatic carbocycles. The summed E-state index contributed by atoms with van der Waals surface area (Å²) >= 11 is 0. The first kappa shape index (κ1) is 42.4. The Balaban J connectivity index is 3.36. The van der Waals surface area contributed by atoms with E-state index in [4.69, 9.17) is 9.47 Å². The maximum atomic E-state index is 12.1. The molecule has 0 aromatic heterocycles. The molecule has 1 atom stereocenters. The third-order valence-electron chi connectivity index (χ3n) is 8.93. The second-order valence-electron chi connectivity index (χ2n) is 13.4. The molecule has 4 heteroatoms. The monoisotopic (exact) mass is 611 g/mol. The Labute approximate surface area is 270 Å². The minimum absolute atomic E-state index is 0.163. The van der Waals surface area contributed by atoms with Crippen LogP contribution in [0.1, 0.15) is 219 Å². The second kappa shape index (κ2) is 37.6. The summed E-state index contributed by atoms with van der Waals surface area (Å²) < 4.78 is 11.1. The van der Waals surface area contributed by atoms with Crippen molar-refractivity contribution in [3.05, 3.63) is 0 Å². The number of ether oxygens (including phenoxy) is 2. The lowest BCUT2D eigenvalue weighted by molar-refractivity contribution is -0.154. The fraction of sp³-hybridized carbons (Fsp3) is 0.974. The molecule has 0 saturated carbocycles. The Bertz CT molecular complexity index is 523. The van der Waals surface area contributed by atoms with Crippen molar-refractivity contribution in [1.29, 1.82) is 0 Å². The maximum absolute atomic E-state index is 12.1. The van der Waals surface area contributed by atoms with Crippen molar-refractivity contribution in [3.8, 4) is 0 Å². The van der Waals surface area contributed by atoms with E-state index in [-0.39, 0.29) is 12.6 Å². The van der Waals surface area contributed by atoms with Gasteiger partial charge in [-0.1, -0.05) is 200 Å². The van der Waals surface area contributed by atoms with E-state index in [0.29, 0.717) is 19.6 Å². The number of carbonyl (C=O) groups is 1. The van der Waals surface area contributed by atoms with Gasteiger partial charge in [0.15, 0.2) is 0 Å². The summed E-state index contributed by atoms with van der Waals surface area (Å²) in [5, 5.41) is 9.56. The Hall–Kier alpha value is -0.610. The molecular formula is C39H78O4. The third kappa shape index (κ3) is 35.7. The molecule has 258 valence electrons. The summed E-state index contributed by atoms with van der Waals surface area (Å²) in [7, 11) is 0. The van der Waals surface area contributed by atoms with Crippen LogP contribution in [0.15, 0.2) is 0 Å². The van der Waals surface area contributed by atoms with Crippen molar-refractivity contribution in [2.75, 3.05) is 19.8 Å². The van der Waals surface area contributed by atoms with Gasteiger partial charge in [0.05, 0.1) is 13.2 Å². The van der Waals surface area contributed by atoms with Gasteiger partial charge in [-0.25, -0.2) is 0 Å². The molecule has 43 heavy (non-hydrogen) atoms. The zero-order valence-electron chi connectivity index (χ0n) is 29.5. The number of aliphatic hydroxyl groups excluding tert-OH is 1. The molecule has 0 aliphatic carbocycles. The first-order valence-corrected chi connectivity index (χ1v) is 19.6. The van der Waals surface area contributed by atoms with Crippen molar-refractivity contribution < 1.29 is 19.4 Å². The van der Waals surface area contributed by atoms with Crippen molar-refractivity contribution in [2.45, 2.75) is 225 Å². The maximum Gasteiger partial charge on any atom is 0.306 e. The largest absolute Gasteiger partial charge is 0.457 e. The van der Waals surface area contributed by atoms with Gasteiger partial charge in [0.2, 0.25) is 0 Å². The lowest BCUT2D eigenvalue weighted by Crippen LogP contribution is -2.27. The fourth-order valence-corrected chi connectivity index (χ4v) is 5.98. The quantitative estimate of drug-likeness (QED) is 0.0561. The summed E-state index contributed by atoms with van der Waals surface area (Å²) in [5.41, 5.74) is 0. The van der Waals surface area contributed by atoms with E-state index in [1.165, 1.54) is 180 Å². The van der Waals surface area contributed by atoms with Gasteiger partial charge in [-0.05, 0) is 12.8 Å². The van der Waals surface area contributed by atoms with E-state index in [1.54, 1.807) is 0 Å². The number of hydrogen-bond donors (Lipinski definition) is 1. The molecule has 0 rings (SSSR count). The summed E-state index contributed by atoms with van der Waals surface area (Å²) in [6, 6.07) is 0. The highest BCUT2D eigenvalue weighted by atomic mass is 16.6. The van der Waals surface area contributed by atoms with Crippen molar-refractivity contribution in [3.63, 3.8) is 0 Å². The van der Waals surface area contributed by atoms with Crippen LogP contribution in [0.2, 0.25) is 0 Å². The third-order valence-corrected chi connectivity index (χ3v) is 8.93. The van der Waals surface area contributed by atoms with Crippen molar-refractivity contribution in [2.24, 2.45) is 0 Å². The smallest absolute Gasteiger partial charge is 0.306 e. The molecule has 1 N–H and O–H groups in total. The molecule has 0 aliphatic heterocycles. The average Bonchev–Trinajstić information content (AvgIpc) is 3.01. The molecule has 0 radical (unpaired) electrons. The highest BCUT2D eigenvalue weighted by Crippen LogP contribution is 2.15. The predicted molar refractivity (Wildman–Crippen MR) is 187 cm³/mol.